The minimum atomic E-state index is -0.221. The third-order valence-corrected chi connectivity index (χ3v) is 3.76. The summed E-state index contributed by atoms with van der Waals surface area (Å²) in [6.07, 6.45) is 1.90. The van der Waals surface area contributed by atoms with E-state index in [0.717, 1.165) is 18.6 Å². The first-order valence-corrected chi connectivity index (χ1v) is 8.11. The van der Waals surface area contributed by atoms with Gasteiger partial charge in [0.25, 0.3) is 5.91 Å². The molecule has 124 valence electrons. The van der Waals surface area contributed by atoms with E-state index >= 15 is 0 Å². The highest BCUT2D eigenvalue weighted by molar-refractivity contribution is 6.05. The molecule has 0 atom stereocenters. The van der Waals surface area contributed by atoms with Gasteiger partial charge in [-0.25, -0.2) is 0 Å². The number of benzene rings is 2. The van der Waals surface area contributed by atoms with Crippen molar-refractivity contribution in [3.05, 3.63) is 54.1 Å². The molecule has 5 nitrogen and oxygen atoms in total. The lowest BCUT2D eigenvalue weighted by Crippen LogP contribution is -2.15. The number of carbonyl (C=O) groups excluding carboxylic acids is 2. The van der Waals surface area contributed by atoms with E-state index in [4.69, 9.17) is 4.74 Å². The Labute approximate surface area is 141 Å². The van der Waals surface area contributed by atoms with Crippen molar-refractivity contribution < 1.29 is 14.3 Å². The molecule has 5 heteroatoms. The van der Waals surface area contributed by atoms with E-state index in [-0.39, 0.29) is 17.7 Å². The second kappa shape index (κ2) is 7.17. The summed E-state index contributed by atoms with van der Waals surface area (Å²) in [6, 6.07) is 14.2. The van der Waals surface area contributed by atoms with Gasteiger partial charge in [-0.1, -0.05) is 6.07 Å². The van der Waals surface area contributed by atoms with Gasteiger partial charge in [0.05, 0.1) is 6.61 Å². The van der Waals surface area contributed by atoms with E-state index in [9.17, 15) is 9.59 Å². The number of nitrogens with one attached hydrogen (secondary N) is 2. The zero-order valence-electron chi connectivity index (χ0n) is 13.5. The Morgan fingerprint density at radius 1 is 1.04 bits per heavy atom. The summed E-state index contributed by atoms with van der Waals surface area (Å²) in [5, 5.41) is 5.69. The Morgan fingerprint density at radius 3 is 2.46 bits per heavy atom. The number of carbonyl (C=O) groups is 2. The van der Waals surface area contributed by atoms with Gasteiger partial charge in [0, 0.05) is 22.9 Å². The monoisotopic (exact) mass is 324 g/mol. The third kappa shape index (κ3) is 4.13. The second-order valence-corrected chi connectivity index (χ2v) is 5.76. The summed E-state index contributed by atoms with van der Waals surface area (Å²) in [4.78, 5) is 24.2. The molecule has 0 bridgehead atoms. The molecule has 0 radical (unpaired) electrons. The predicted molar refractivity (Wildman–Crippen MR) is 93.4 cm³/mol. The van der Waals surface area contributed by atoms with Crippen LogP contribution < -0.4 is 15.4 Å². The summed E-state index contributed by atoms with van der Waals surface area (Å²) >= 11 is 0. The highest BCUT2D eigenvalue weighted by atomic mass is 16.5. The van der Waals surface area contributed by atoms with Crippen LogP contribution in [0.1, 0.15) is 30.1 Å². The van der Waals surface area contributed by atoms with Crippen LogP contribution in [0.4, 0.5) is 11.4 Å². The molecule has 1 saturated carbocycles. The average molecular weight is 324 g/mol. The van der Waals surface area contributed by atoms with Gasteiger partial charge in [-0.15, -0.1) is 0 Å². The van der Waals surface area contributed by atoms with Gasteiger partial charge in [0.2, 0.25) is 5.91 Å². The molecule has 0 unspecified atom stereocenters. The third-order valence-electron chi connectivity index (χ3n) is 3.76. The van der Waals surface area contributed by atoms with Gasteiger partial charge in [0.15, 0.2) is 0 Å². The number of hydrogen-bond acceptors (Lipinski definition) is 3. The van der Waals surface area contributed by atoms with E-state index in [1.54, 1.807) is 36.4 Å². The van der Waals surface area contributed by atoms with Crippen LogP contribution >= 0.6 is 0 Å². The van der Waals surface area contributed by atoms with E-state index in [2.05, 4.69) is 10.6 Å². The number of rotatable bonds is 6. The van der Waals surface area contributed by atoms with Crippen molar-refractivity contribution in [3.63, 3.8) is 0 Å². The standard InChI is InChI=1S/C19H20N2O3/c1-2-24-17-10-8-15(9-11-17)20-19(23)14-4-3-5-16(12-14)21-18(22)13-6-7-13/h3-5,8-13H,2,6-7H2,1H3,(H,20,23)(H,21,22). The summed E-state index contributed by atoms with van der Waals surface area (Å²) in [5.74, 6) is 0.701. The Morgan fingerprint density at radius 2 is 1.79 bits per heavy atom. The molecule has 0 saturated heterocycles. The van der Waals surface area contributed by atoms with Crippen molar-refractivity contribution >= 4 is 23.2 Å². The SMILES string of the molecule is CCOc1ccc(NC(=O)c2cccc(NC(=O)C3CC3)c2)cc1. The molecule has 1 aliphatic carbocycles. The van der Waals surface area contributed by atoms with Crippen LogP contribution in [-0.2, 0) is 4.79 Å². The number of anilines is 2. The summed E-state index contributed by atoms with van der Waals surface area (Å²) < 4.78 is 5.37. The van der Waals surface area contributed by atoms with E-state index in [1.807, 2.05) is 19.1 Å². The zero-order valence-corrected chi connectivity index (χ0v) is 13.5. The number of amides is 2. The smallest absolute Gasteiger partial charge is 0.255 e. The van der Waals surface area contributed by atoms with Gasteiger partial charge in [-0.2, -0.15) is 0 Å². The van der Waals surface area contributed by atoms with Gasteiger partial charge < -0.3 is 15.4 Å². The maximum atomic E-state index is 12.4. The van der Waals surface area contributed by atoms with Gasteiger partial charge >= 0.3 is 0 Å². The largest absolute Gasteiger partial charge is 0.494 e. The molecule has 2 aromatic rings. The van der Waals surface area contributed by atoms with Crippen LogP contribution in [0.5, 0.6) is 5.75 Å². The maximum absolute atomic E-state index is 12.4. The summed E-state index contributed by atoms with van der Waals surface area (Å²) in [6.45, 7) is 2.52. The molecule has 2 amide bonds. The highest BCUT2D eigenvalue weighted by Gasteiger charge is 2.29. The summed E-state index contributed by atoms with van der Waals surface area (Å²) in [7, 11) is 0. The fourth-order valence-corrected chi connectivity index (χ4v) is 2.33. The average Bonchev–Trinajstić information content (AvgIpc) is 3.42. The zero-order chi connectivity index (χ0) is 16.9. The van der Waals surface area contributed by atoms with Gasteiger partial charge in [-0.3, -0.25) is 9.59 Å². The van der Waals surface area contributed by atoms with E-state index in [1.165, 1.54) is 0 Å². The van der Waals surface area contributed by atoms with Crippen LogP contribution in [0.3, 0.4) is 0 Å². The lowest BCUT2D eigenvalue weighted by atomic mass is 10.1. The molecule has 24 heavy (non-hydrogen) atoms. The van der Waals surface area contributed by atoms with Crippen LogP contribution in [0.15, 0.2) is 48.5 Å². The molecular formula is C19H20N2O3. The van der Waals surface area contributed by atoms with Crippen LogP contribution in [0, 0.1) is 5.92 Å². The highest BCUT2D eigenvalue weighted by Crippen LogP contribution is 2.30. The Balaban J connectivity index is 1.64. The van der Waals surface area contributed by atoms with Crippen molar-refractivity contribution in [1.29, 1.82) is 0 Å². The van der Waals surface area contributed by atoms with Crippen LogP contribution in [0.2, 0.25) is 0 Å². The van der Waals surface area contributed by atoms with E-state index in [0.29, 0.717) is 23.5 Å². The minimum Gasteiger partial charge on any atom is -0.494 e. The molecule has 3 rings (SSSR count). The molecule has 0 heterocycles. The molecule has 1 aliphatic rings. The summed E-state index contributed by atoms with van der Waals surface area (Å²) in [5.41, 5.74) is 1.83. The molecule has 2 N–H and O–H groups in total. The van der Waals surface area contributed by atoms with Crippen LogP contribution in [0.25, 0.3) is 0 Å². The fraction of sp³-hybridized carbons (Fsp3) is 0.263. The first-order valence-electron chi connectivity index (χ1n) is 8.11. The lowest BCUT2D eigenvalue weighted by Gasteiger charge is -2.09. The van der Waals surface area contributed by atoms with Crippen LogP contribution in [-0.4, -0.2) is 18.4 Å². The first-order chi connectivity index (χ1) is 11.7. The predicted octanol–water partition coefficient (Wildman–Crippen LogP) is 3.69. The normalized spacial score (nSPS) is 13.2. The van der Waals surface area contributed by atoms with Gasteiger partial charge in [0.1, 0.15) is 5.75 Å². The topological polar surface area (TPSA) is 67.4 Å². The Hall–Kier alpha value is -2.82. The quantitative estimate of drug-likeness (QED) is 0.851. The maximum Gasteiger partial charge on any atom is 0.255 e. The first kappa shape index (κ1) is 16.1. The van der Waals surface area contributed by atoms with Crippen molar-refractivity contribution in [2.45, 2.75) is 19.8 Å². The Kier molecular flexibility index (Phi) is 4.79. The van der Waals surface area contributed by atoms with Crippen molar-refractivity contribution in [2.24, 2.45) is 5.92 Å². The molecule has 0 aliphatic heterocycles. The minimum absolute atomic E-state index is 0.0269. The second-order valence-electron chi connectivity index (χ2n) is 5.76. The van der Waals surface area contributed by atoms with Crippen molar-refractivity contribution in [2.75, 3.05) is 17.2 Å². The number of ether oxygens (including phenoxy) is 1. The fourth-order valence-electron chi connectivity index (χ4n) is 2.33. The molecule has 0 aromatic heterocycles. The van der Waals surface area contributed by atoms with Crippen molar-refractivity contribution in [1.82, 2.24) is 0 Å². The molecule has 0 spiro atoms. The Bertz CT molecular complexity index is 737. The number of hydrogen-bond donors (Lipinski definition) is 2. The van der Waals surface area contributed by atoms with Gasteiger partial charge in [-0.05, 0) is 62.2 Å². The van der Waals surface area contributed by atoms with E-state index < -0.39 is 0 Å². The molecular weight excluding hydrogens is 304 g/mol. The lowest BCUT2D eigenvalue weighted by molar-refractivity contribution is -0.117. The molecule has 2 aromatic carbocycles. The molecule has 1 fully saturated rings. The van der Waals surface area contributed by atoms with Crippen molar-refractivity contribution in [3.8, 4) is 5.75 Å².